The van der Waals surface area contributed by atoms with Gasteiger partial charge in [-0.05, 0) is 30.7 Å². The molecule has 22 heavy (non-hydrogen) atoms. The first-order chi connectivity index (χ1) is 10.6. The first-order valence-electron chi connectivity index (χ1n) is 7.26. The van der Waals surface area contributed by atoms with E-state index >= 15 is 0 Å². The van der Waals surface area contributed by atoms with Crippen molar-refractivity contribution in [1.82, 2.24) is 5.32 Å². The molecule has 0 aliphatic carbocycles. The Balaban J connectivity index is 1.76. The number of hydrogen-bond acceptors (Lipinski definition) is 4. The molecule has 0 radical (unpaired) electrons. The van der Waals surface area contributed by atoms with E-state index < -0.39 is 11.9 Å². The van der Waals surface area contributed by atoms with Gasteiger partial charge >= 0.3 is 0 Å². The molecule has 1 amide bonds. The number of amides is 1. The molecule has 1 aromatic heterocycles. The van der Waals surface area contributed by atoms with E-state index in [-0.39, 0.29) is 18.2 Å². The first kappa shape index (κ1) is 14.4. The number of ketones is 1. The molecule has 1 atom stereocenters. The summed E-state index contributed by atoms with van der Waals surface area (Å²) in [5.41, 5.74) is 1.42. The van der Waals surface area contributed by atoms with Crippen LogP contribution in [0, 0.1) is 6.92 Å². The number of para-hydroxylation sites is 1. The van der Waals surface area contributed by atoms with Gasteiger partial charge in [-0.25, -0.2) is 0 Å². The maximum atomic E-state index is 12.4. The van der Waals surface area contributed by atoms with Crippen LogP contribution in [0.15, 0.2) is 34.7 Å². The first-order valence-corrected chi connectivity index (χ1v) is 7.26. The molecular weight excluding hydrogens is 282 g/mol. The average molecular weight is 299 g/mol. The van der Waals surface area contributed by atoms with Crippen molar-refractivity contribution >= 4 is 11.7 Å². The second-order valence-corrected chi connectivity index (χ2v) is 5.27. The monoisotopic (exact) mass is 299 g/mol. The van der Waals surface area contributed by atoms with E-state index in [1.165, 1.54) is 0 Å². The Labute approximate surface area is 128 Å². The molecule has 1 unspecified atom stereocenters. The van der Waals surface area contributed by atoms with Gasteiger partial charge in [-0.1, -0.05) is 19.1 Å². The van der Waals surface area contributed by atoms with Crippen LogP contribution in [0.1, 0.15) is 39.2 Å². The molecule has 5 heteroatoms. The maximum Gasteiger partial charge on any atom is 0.287 e. The molecule has 2 heterocycles. The predicted molar refractivity (Wildman–Crippen MR) is 80.3 cm³/mol. The molecule has 0 saturated carbocycles. The van der Waals surface area contributed by atoms with Crippen LogP contribution in [0.4, 0.5) is 0 Å². The highest BCUT2D eigenvalue weighted by Crippen LogP contribution is 2.24. The molecule has 2 aromatic rings. The second-order valence-electron chi connectivity index (χ2n) is 5.27. The minimum absolute atomic E-state index is 0.127. The summed E-state index contributed by atoms with van der Waals surface area (Å²) in [4.78, 5) is 24.6. The zero-order chi connectivity index (χ0) is 15.7. The Morgan fingerprint density at radius 2 is 2.14 bits per heavy atom. The SMILES string of the molecule is CCc1oc(C(=O)NC2COc3ccccc3C2=O)cc1C. The van der Waals surface area contributed by atoms with Crippen molar-refractivity contribution in [2.75, 3.05) is 6.61 Å². The van der Waals surface area contributed by atoms with Crippen LogP contribution >= 0.6 is 0 Å². The molecule has 0 spiro atoms. The number of benzene rings is 1. The zero-order valence-corrected chi connectivity index (χ0v) is 12.5. The fourth-order valence-corrected chi connectivity index (χ4v) is 2.55. The summed E-state index contributed by atoms with van der Waals surface area (Å²) >= 11 is 0. The number of nitrogens with one attached hydrogen (secondary N) is 1. The summed E-state index contributed by atoms with van der Waals surface area (Å²) < 4.78 is 11.0. The number of hydrogen-bond donors (Lipinski definition) is 1. The van der Waals surface area contributed by atoms with E-state index in [4.69, 9.17) is 9.15 Å². The van der Waals surface area contributed by atoms with Crippen LogP contribution in [0.25, 0.3) is 0 Å². The Bertz CT molecular complexity index is 732. The van der Waals surface area contributed by atoms with E-state index in [1.807, 2.05) is 19.9 Å². The Kier molecular flexibility index (Phi) is 3.71. The molecule has 3 rings (SSSR count). The molecule has 0 bridgehead atoms. The molecular formula is C17H17NO4. The van der Waals surface area contributed by atoms with Crippen LogP contribution < -0.4 is 10.1 Å². The van der Waals surface area contributed by atoms with Crippen molar-refractivity contribution in [2.24, 2.45) is 0 Å². The molecule has 5 nitrogen and oxygen atoms in total. The predicted octanol–water partition coefficient (Wildman–Crippen LogP) is 2.52. The number of Topliss-reactive ketones (excluding diaryl/α,β-unsaturated/α-hetero) is 1. The van der Waals surface area contributed by atoms with Gasteiger partial charge in [0.05, 0.1) is 5.56 Å². The lowest BCUT2D eigenvalue weighted by atomic mass is 10.0. The van der Waals surface area contributed by atoms with Gasteiger partial charge in [-0.2, -0.15) is 0 Å². The van der Waals surface area contributed by atoms with Gasteiger partial charge < -0.3 is 14.5 Å². The number of aryl methyl sites for hydroxylation is 2. The van der Waals surface area contributed by atoms with E-state index in [1.54, 1.807) is 24.3 Å². The fourth-order valence-electron chi connectivity index (χ4n) is 2.55. The van der Waals surface area contributed by atoms with Crippen LogP contribution in [-0.4, -0.2) is 24.3 Å². The van der Waals surface area contributed by atoms with Crippen molar-refractivity contribution in [2.45, 2.75) is 26.3 Å². The van der Waals surface area contributed by atoms with Crippen LogP contribution in [0.3, 0.4) is 0 Å². The van der Waals surface area contributed by atoms with E-state index in [0.717, 1.165) is 17.7 Å². The van der Waals surface area contributed by atoms with Crippen LogP contribution in [0.2, 0.25) is 0 Å². The second kappa shape index (κ2) is 5.67. The highest BCUT2D eigenvalue weighted by Gasteiger charge is 2.30. The average Bonchev–Trinajstić information content (AvgIpc) is 2.91. The number of furan rings is 1. The maximum absolute atomic E-state index is 12.4. The Morgan fingerprint density at radius 1 is 1.36 bits per heavy atom. The highest BCUT2D eigenvalue weighted by molar-refractivity contribution is 6.06. The van der Waals surface area contributed by atoms with Crippen LogP contribution in [0.5, 0.6) is 5.75 Å². The smallest absolute Gasteiger partial charge is 0.287 e. The number of carbonyl (C=O) groups is 2. The third-order valence-corrected chi connectivity index (χ3v) is 3.75. The molecule has 1 aliphatic heterocycles. The van der Waals surface area contributed by atoms with E-state index in [2.05, 4.69) is 5.32 Å². The highest BCUT2D eigenvalue weighted by atomic mass is 16.5. The summed E-state index contributed by atoms with van der Waals surface area (Å²) in [5.74, 6) is 1.01. The topological polar surface area (TPSA) is 68.5 Å². The summed E-state index contributed by atoms with van der Waals surface area (Å²) in [6, 6.07) is 8.02. The molecule has 1 aliphatic rings. The lowest BCUT2D eigenvalue weighted by molar-refractivity contribution is 0.0782. The molecule has 0 saturated heterocycles. The van der Waals surface area contributed by atoms with E-state index in [0.29, 0.717) is 11.3 Å². The largest absolute Gasteiger partial charge is 0.490 e. The van der Waals surface area contributed by atoms with Crippen LogP contribution in [-0.2, 0) is 6.42 Å². The standard InChI is InChI=1S/C17H17NO4/c1-3-13-10(2)8-15(22-13)17(20)18-12-9-21-14-7-5-4-6-11(14)16(12)19/h4-8,12H,3,9H2,1-2H3,(H,18,20). The van der Waals surface area contributed by atoms with Gasteiger partial charge in [0, 0.05) is 6.42 Å². The van der Waals surface area contributed by atoms with Crippen molar-refractivity contribution in [3.63, 3.8) is 0 Å². The molecule has 1 aromatic carbocycles. The molecule has 0 fully saturated rings. The number of fused-ring (bicyclic) bond motifs is 1. The molecule has 114 valence electrons. The minimum Gasteiger partial charge on any atom is -0.490 e. The fraction of sp³-hybridized carbons (Fsp3) is 0.294. The third kappa shape index (κ3) is 2.50. The number of ether oxygens (including phenoxy) is 1. The minimum atomic E-state index is -0.696. The lowest BCUT2D eigenvalue weighted by Gasteiger charge is -2.24. The van der Waals surface area contributed by atoms with Gasteiger partial charge in [0.25, 0.3) is 5.91 Å². The lowest BCUT2D eigenvalue weighted by Crippen LogP contribution is -2.47. The summed E-state index contributed by atoms with van der Waals surface area (Å²) in [6.07, 6.45) is 0.720. The van der Waals surface area contributed by atoms with Gasteiger partial charge in [-0.15, -0.1) is 0 Å². The Morgan fingerprint density at radius 3 is 2.86 bits per heavy atom. The number of carbonyl (C=O) groups excluding carboxylic acids is 2. The van der Waals surface area contributed by atoms with E-state index in [9.17, 15) is 9.59 Å². The van der Waals surface area contributed by atoms with Gasteiger partial charge in [0.1, 0.15) is 24.2 Å². The number of rotatable bonds is 3. The van der Waals surface area contributed by atoms with Gasteiger partial charge in [0.15, 0.2) is 11.5 Å². The van der Waals surface area contributed by atoms with Crippen molar-refractivity contribution < 1.29 is 18.7 Å². The third-order valence-electron chi connectivity index (χ3n) is 3.75. The van der Waals surface area contributed by atoms with Gasteiger partial charge in [0.2, 0.25) is 0 Å². The zero-order valence-electron chi connectivity index (χ0n) is 12.5. The Hall–Kier alpha value is -2.56. The quantitative estimate of drug-likeness (QED) is 0.945. The van der Waals surface area contributed by atoms with Crippen molar-refractivity contribution in [3.05, 3.63) is 53.0 Å². The normalized spacial score (nSPS) is 16.8. The van der Waals surface area contributed by atoms with Gasteiger partial charge in [-0.3, -0.25) is 9.59 Å². The summed E-state index contributed by atoms with van der Waals surface area (Å²) in [6.45, 7) is 3.98. The van der Waals surface area contributed by atoms with Crippen molar-refractivity contribution in [1.29, 1.82) is 0 Å². The van der Waals surface area contributed by atoms with Crippen molar-refractivity contribution in [3.8, 4) is 5.75 Å². The summed E-state index contributed by atoms with van der Waals surface area (Å²) in [7, 11) is 0. The molecule has 1 N–H and O–H groups in total. The summed E-state index contributed by atoms with van der Waals surface area (Å²) in [5, 5.41) is 2.68.